The largest absolute Gasteiger partial charge is 0.450 e. The van der Waals surface area contributed by atoms with E-state index in [1.807, 2.05) is 31.2 Å². The maximum atomic E-state index is 11.9. The van der Waals surface area contributed by atoms with Gasteiger partial charge < -0.3 is 14.5 Å². The van der Waals surface area contributed by atoms with Crippen LogP contribution in [-0.2, 0) is 16.0 Å². The molecule has 0 spiro atoms. The third-order valence-electron chi connectivity index (χ3n) is 3.57. The van der Waals surface area contributed by atoms with Gasteiger partial charge in [-0.3, -0.25) is 14.9 Å². The third-order valence-corrected chi connectivity index (χ3v) is 3.57. The predicted molar refractivity (Wildman–Crippen MR) is 88.0 cm³/mol. The summed E-state index contributed by atoms with van der Waals surface area (Å²) in [4.78, 5) is 33.3. The molecular formula is C17H18N2O6. The topological polar surface area (TPSA) is 112 Å². The van der Waals surface area contributed by atoms with Gasteiger partial charge in [0.2, 0.25) is 5.76 Å². The Balaban J connectivity index is 1.84. The standard InChI is InChI=1S/C17H18N2O6/c1-3-12-4-6-13(7-5-12)11(2)18-15(20)10-24-17(21)14-8-9-16(25-14)19(22)23/h4-9,11H,3,10H2,1-2H3,(H,18,20)/t11-/m0/s1. The average Bonchev–Trinajstić information content (AvgIpc) is 3.10. The Kier molecular flexibility index (Phi) is 5.89. The number of ether oxygens (including phenoxy) is 1. The number of benzene rings is 1. The van der Waals surface area contributed by atoms with E-state index >= 15 is 0 Å². The molecule has 2 aromatic rings. The van der Waals surface area contributed by atoms with Crippen LogP contribution in [-0.4, -0.2) is 23.4 Å². The molecule has 132 valence electrons. The molecule has 2 rings (SSSR count). The Morgan fingerprint density at radius 1 is 1.24 bits per heavy atom. The molecule has 0 fully saturated rings. The van der Waals surface area contributed by atoms with E-state index in [4.69, 9.17) is 9.15 Å². The van der Waals surface area contributed by atoms with E-state index in [2.05, 4.69) is 12.2 Å². The van der Waals surface area contributed by atoms with Crippen molar-refractivity contribution in [3.05, 3.63) is 63.4 Å². The zero-order valence-electron chi connectivity index (χ0n) is 13.9. The van der Waals surface area contributed by atoms with Crippen LogP contribution in [0.4, 0.5) is 5.88 Å². The van der Waals surface area contributed by atoms with Crippen LogP contribution in [0.5, 0.6) is 0 Å². The summed E-state index contributed by atoms with van der Waals surface area (Å²) in [5.41, 5.74) is 2.13. The number of carbonyl (C=O) groups excluding carboxylic acids is 2. The molecule has 25 heavy (non-hydrogen) atoms. The van der Waals surface area contributed by atoms with Crippen LogP contribution < -0.4 is 5.32 Å². The molecule has 0 bridgehead atoms. The Hall–Kier alpha value is -3.16. The van der Waals surface area contributed by atoms with Crippen LogP contribution in [0.25, 0.3) is 0 Å². The summed E-state index contributed by atoms with van der Waals surface area (Å²) >= 11 is 0. The van der Waals surface area contributed by atoms with Crippen molar-refractivity contribution in [3.63, 3.8) is 0 Å². The van der Waals surface area contributed by atoms with E-state index < -0.39 is 29.3 Å². The number of rotatable bonds is 7. The molecule has 1 heterocycles. The van der Waals surface area contributed by atoms with Crippen LogP contribution in [0.3, 0.4) is 0 Å². The number of esters is 1. The van der Waals surface area contributed by atoms with Crippen LogP contribution >= 0.6 is 0 Å². The first-order valence-electron chi connectivity index (χ1n) is 7.70. The number of nitrogens with zero attached hydrogens (tertiary/aromatic N) is 1. The molecule has 1 aromatic carbocycles. The van der Waals surface area contributed by atoms with Gasteiger partial charge in [-0.25, -0.2) is 4.79 Å². The molecule has 0 radical (unpaired) electrons. The maximum Gasteiger partial charge on any atom is 0.433 e. The second kappa shape index (κ2) is 8.09. The predicted octanol–water partition coefficient (Wildman–Crippen LogP) is 2.78. The van der Waals surface area contributed by atoms with Gasteiger partial charge in [0.25, 0.3) is 5.91 Å². The van der Waals surface area contributed by atoms with Crippen LogP contribution in [0.1, 0.15) is 41.6 Å². The molecule has 0 saturated carbocycles. The van der Waals surface area contributed by atoms with Crippen molar-refractivity contribution in [1.29, 1.82) is 0 Å². The fourth-order valence-electron chi connectivity index (χ4n) is 2.15. The third kappa shape index (κ3) is 4.90. The number of furan rings is 1. The lowest BCUT2D eigenvalue weighted by Gasteiger charge is -2.14. The molecule has 1 aromatic heterocycles. The van der Waals surface area contributed by atoms with Gasteiger partial charge >= 0.3 is 11.9 Å². The van der Waals surface area contributed by atoms with Gasteiger partial charge in [0.15, 0.2) is 6.61 Å². The summed E-state index contributed by atoms with van der Waals surface area (Å²) in [6.45, 7) is 3.36. The van der Waals surface area contributed by atoms with Crippen LogP contribution in [0.15, 0.2) is 40.8 Å². The van der Waals surface area contributed by atoms with Gasteiger partial charge in [-0.1, -0.05) is 31.2 Å². The first-order chi connectivity index (χ1) is 11.9. The number of hydrogen-bond acceptors (Lipinski definition) is 6. The van der Waals surface area contributed by atoms with Crippen molar-refractivity contribution in [2.45, 2.75) is 26.3 Å². The second-order valence-electron chi connectivity index (χ2n) is 5.36. The molecule has 8 heteroatoms. The molecule has 0 aliphatic rings. The number of carbonyl (C=O) groups is 2. The highest BCUT2D eigenvalue weighted by atomic mass is 16.7. The van der Waals surface area contributed by atoms with Gasteiger partial charge in [-0.05, 0) is 30.5 Å². The van der Waals surface area contributed by atoms with Gasteiger partial charge in [0.05, 0.1) is 12.1 Å². The van der Waals surface area contributed by atoms with Crippen LogP contribution in [0.2, 0.25) is 0 Å². The average molecular weight is 346 g/mol. The quantitative estimate of drug-likeness (QED) is 0.469. The smallest absolute Gasteiger partial charge is 0.433 e. The fraction of sp³-hybridized carbons (Fsp3) is 0.294. The molecule has 1 atom stereocenters. The zero-order valence-corrected chi connectivity index (χ0v) is 13.9. The van der Waals surface area contributed by atoms with E-state index in [0.29, 0.717) is 0 Å². The summed E-state index contributed by atoms with van der Waals surface area (Å²) in [7, 11) is 0. The molecule has 1 N–H and O–H groups in total. The molecule has 8 nitrogen and oxygen atoms in total. The van der Waals surface area contributed by atoms with Gasteiger partial charge in [0, 0.05) is 0 Å². The Bertz CT molecular complexity index is 766. The van der Waals surface area contributed by atoms with Crippen molar-refractivity contribution in [2.24, 2.45) is 0 Å². The zero-order chi connectivity index (χ0) is 18.4. The van der Waals surface area contributed by atoms with E-state index in [0.717, 1.165) is 24.1 Å². The second-order valence-corrected chi connectivity index (χ2v) is 5.36. The van der Waals surface area contributed by atoms with Crippen molar-refractivity contribution >= 4 is 17.8 Å². The Labute approximate surface area is 143 Å². The Morgan fingerprint density at radius 3 is 2.48 bits per heavy atom. The van der Waals surface area contributed by atoms with Gasteiger partial charge in [-0.2, -0.15) is 0 Å². The van der Waals surface area contributed by atoms with Crippen molar-refractivity contribution in [3.8, 4) is 0 Å². The number of nitrogens with one attached hydrogen (secondary N) is 1. The minimum Gasteiger partial charge on any atom is -0.450 e. The molecular weight excluding hydrogens is 328 g/mol. The first-order valence-corrected chi connectivity index (χ1v) is 7.70. The number of hydrogen-bond donors (Lipinski definition) is 1. The van der Waals surface area contributed by atoms with Crippen molar-refractivity contribution in [1.82, 2.24) is 5.32 Å². The van der Waals surface area contributed by atoms with Crippen molar-refractivity contribution < 1.29 is 23.7 Å². The lowest BCUT2D eigenvalue weighted by Crippen LogP contribution is -2.31. The highest BCUT2D eigenvalue weighted by Crippen LogP contribution is 2.16. The monoisotopic (exact) mass is 346 g/mol. The summed E-state index contributed by atoms with van der Waals surface area (Å²) in [5.74, 6) is -2.33. The van der Waals surface area contributed by atoms with Crippen LogP contribution in [0, 0.1) is 10.1 Å². The summed E-state index contributed by atoms with van der Waals surface area (Å²) in [5, 5.41) is 13.2. The minimum atomic E-state index is -0.941. The highest BCUT2D eigenvalue weighted by Gasteiger charge is 2.19. The molecule has 0 unspecified atom stereocenters. The number of aryl methyl sites for hydroxylation is 1. The van der Waals surface area contributed by atoms with Gasteiger partial charge in [0.1, 0.15) is 4.92 Å². The summed E-state index contributed by atoms with van der Waals surface area (Å²) in [6.07, 6.45) is 0.932. The van der Waals surface area contributed by atoms with Gasteiger partial charge in [-0.15, -0.1) is 0 Å². The minimum absolute atomic E-state index is 0.248. The lowest BCUT2D eigenvalue weighted by molar-refractivity contribution is -0.402. The summed E-state index contributed by atoms with van der Waals surface area (Å²) in [6, 6.07) is 9.75. The first kappa shape index (κ1) is 18.2. The molecule has 1 amide bonds. The summed E-state index contributed by atoms with van der Waals surface area (Å²) < 4.78 is 9.49. The van der Waals surface area contributed by atoms with E-state index in [1.165, 1.54) is 5.56 Å². The fourth-order valence-corrected chi connectivity index (χ4v) is 2.15. The molecule has 0 saturated heterocycles. The number of nitro groups is 1. The SMILES string of the molecule is CCc1ccc([C@H](C)NC(=O)COC(=O)c2ccc([N+](=O)[O-])o2)cc1. The highest BCUT2D eigenvalue weighted by molar-refractivity contribution is 5.89. The Morgan fingerprint density at radius 2 is 1.92 bits per heavy atom. The number of amides is 1. The van der Waals surface area contributed by atoms with E-state index in [1.54, 1.807) is 0 Å². The molecule has 0 aliphatic heterocycles. The van der Waals surface area contributed by atoms with E-state index in [-0.39, 0.29) is 11.8 Å². The maximum absolute atomic E-state index is 11.9. The van der Waals surface area contributed by atoms with Crippen molar-refractivity contribution in [2.75, 3.05) is 6.61 Å². The van der Waals surface area contributed by atoms with E-state index in [9.17, 15) is 19.7 Å². The molecule has 0 aliphatic carbocycles. The normalized spacial score (nSPS) is 11.6. The lowest BCUT2D eigenvalue weighted by atomic mass is 10.1.